The fourth-order valence-electron chi connectivity index (χ4n) is 3.82. The minimum absolute atomic E-state index is 0.109. The summed E-state index contributed by atoms with van der Waals surface area (Å²) >= 11 is 0. The fraction of sp³-hybridized carbons (Fsp3) is 0.652. The summed E-state index contributed by atoms with van der Waals surface area (Å²) in [5.74, 6) is -3.39. The van der Waals surface area contributed by atoms with Gasteiger partial charge in [0.25, 0.3) is 0 Å². The maximum atomic E-state index is 12.0. The van der Waals surface area contributed by atoms with E-state index in [4.69, 9.17) is 0 Å². The van der Waals surface area contributed by atoms with Gasteiger partial charge in [-0.2, -0.15) is 0 Å². The van der Waals surface area contributed by atoms with E-state index in [0.717, 1.165) is 18.4 Å². The predicted molar refractivity (Wildman–Crippen MR) is 109 cm³/mol. The molecule has 0 radical (unpaired) electrons. The van der Waals surface area contributed by atoms with Gasteiger partial charge in [0.15, 0.2) is 0 Å². The maximum absolute atomic E-state index is 12.0. The number of hydrogen-bond acceptors (Lipinski definition) is 2. The number of carbonyl (C=O) groups is 2. The van der Waals surface area contributed by atoms with E-state index in [0.29, 0.717) is 11.1 Å². The van der Waals surface area contributed by atoms with Gasteiger partial charge in [0.05, 0.1) is 11.8 Å². The van der Waals surface area contributed by atoms with E-state index in [1.54, 1.807) is 0 Å². The van der Waals surface area contributed by atoms with Crippen LogP contribution in [0, 0.1) is 11.8 Å². The van der Waals surface area contributed by atoms with E-state index in [1.165, 1.54) is 25.7 Å². The molecule has 0 saturated heterocycles. The van der Waals surface area contributed by atoms with Crippen LogP contribution in [-0.4, -0.2) is 22.2 Å². The van der Waals surface area contributed by atoms with Crippen LogP contribution in [0.2, 0.25) is 0 Å². The lowest BCUT2D eigenvalue weighted by Gasteiger charge is -2.26. The summed E-state index contributed by atoms with van der Waals surface area (Å²) in [5, 5.41) is 19.5. The molecule has 0 spiro atoms. The standard InChI is InChI=1S/C23H36O4/c1-6-7-8-9-10-11-17-12-13-18(20(15(2)3)22(24)25)19(14-17)21(16(4)5)23(26)27/h12-16,20-21H,6-11H2,1-5H3,(H,24,25)(H,26,27). The molecule has 27 heavy (non-hydrogen) atoms. The summed E-state index contributed by atoms with van der Waals surface area (Å²) in [6.45, 7) is 9.69. The molecular weight excluding hydrogens is 340 g/mol. The highest BCUT2D eigenvalue weighted by Gasteiger charge is 2.32. The third-order valence-corrected chi connectivity index (χ3v) is 5.26. The monoisotopic (exact) mass is 376 g/mol. The summed E-state index contributed by atoms with van der Waals surface area (Å²) in [6, 6.07) is 5.79. The number of benzene rings is 1. The van der Waals surface area contributed by atoms with Crippen LogP contribution in [0.4, 0.5) is 0 Å². The predicted octanol–water partition coefficient (Wildman–Crippen LogP) is 5.85. The molecule has 1 aromatic carbocycles. The van der Waals surface area contributed by atoms with Gasteiger partial charge < -0.3 is 10.2 Å². The number of hydrogen-bond donors (Lipinski definition) is 2. The number of carboxylic acid groups (broad SMARTS) is 2. The first-order valence-corrected chi connectivity index (χ1v) is 10.3. The highest BCUT2D eigenvalue weighted by molar-refractivity contribution is 5.81. The van der Waals surface area contributed by atoms with Crippen molar-refractivity contribution in [2.75, 3.05) is 0 Å². The number of unbranched alkanes of at least 4 members (excludes halogenated alkanes) is 4. The SMILES string of the molecule is CCCCCCCc1ccc(C(C(=O)O)C(C)C)c(C(C(=O)O)C(C)C)c1. The molecular formula is C23H36O4. The average Bonchev–Trinajstić information content (AvgIpc) is 2.55. The van der Waals surface area contributed by atoms with Crippen LogP contribution in [-0.2, 0) is 16.0 Å². The normalized spacial score (nSPS) is 13.7. The lowest BCUT2D eigenvalue weighted by Crippen LogP contribution is -2.24. The van der Waals surface area contributed by atoms with Crippen LogP contribution in [0.25, 0.3) is 0 Å². The van der Waals surface area contributed by atoms with Crippen LogP contribution >= 0.6 is 0 Å². The average molecular weight is 377 g/mol. The molecule has 152 valence electrons. The quantitative estimate of drug-likeness (QED) is 0.449. The fourth-order valence-corrected chi connectivity index (χ4v) is 3.82. The molecule has 0 amide bonds. The van der Waals surface area contributed by atoms with Crippen LogP contribution in [0.5, 0.6) is 0 Å². The van der Waals surface area contributed by atoms with Gasteiger partial charge in [0, 0.05) is 0 Å². The van der Waals surface area contributed by atoms with Crippen LogP contribution < -0.4 is 0 Å². The Balaban J connectivity index is 3.26. The van der Waals surface area contributed by atoms with Crippen molar-refractivity contribution in [3.05, 3.63) is 34.9 Å². The van der Waals surface area contributed by atoms with E-state index in [-0.39, 0.29) is 11.8 Å². The van der Waals surface area contributed by atoms with E-state index < -0.39 is 23.8 Å². The number of aliphatic carboxylic acids is 2. The molecule has 2 N–H and O–H groups in total. The second kappa shape index (κ2) is 11.1. The number of rotatable bonds is 12. The minimum Gasteiger partial charge on any atom is -0.481 e. The molecule has 0 aliphatic carbocycles. The van der Waals surface area contributed by atoms with Crippen molar-refractivity contribution >= 4 is 11.9 Å². The molecule has 1 aromatic rings. The third-order valence-electron chi connectivity index (χ3n) is 5.26. The van der Waals surface area contributed by atoms with Gasteiger partial charge in [0.2, 0.25) is 0 Å². The first-order chi connectivity index (χ1) is 12.7. The molecule has 0 bridgehead atoms. The Labute approximate surface area is 164 Å². The van der Waals surface area contributed by atoms with Crippen LogP contribution in [0.15, 0.2) is 18.2 Å². The van der Waals surface area contributed by atoms with Gasteiger partial charge in [-0.3, -0.25) is 9.59 Å². The molecule has 0 aromatic heterocycles. The molecule has 0 aliphatic heterocycles. The van der Waals surface area contributed by atoms with Gasteiger partial charge >= 0.3 is 11.9 Å². The molecule has 2 atom stereocenters. The zero-order valence-electron chi connectivity index (χ0n) is 17.5. The summed E-state index contributed by atoms with van der Waals surface area (Å²) in [5.41, 5.74) is 2.42. The third kappa shape index (κ3) is 6.67. The topological polar surface area (TPSA) is 74.6 Å². The second-order valence-corrected chi connectivity index (χ2v) is 8.25. The Morgan fingerprint density at radius 3 is 1.81 bits per heavy atom. The summed E-state index contributed by atoms with van der Waals surface area (Å²) in [4.78, 5) is 23.8. The van der Waals surface area contributed by atoms with Gasteiger partial charge in [-0.25, -0.2) is 0 Å². The highest BCUT2D eigenvalue weighted by Crippen LogP contribution is 2.36. The Hall–Kier alpha value is -1.84. The Morgan fingerprint density at radius 2 is 1.33 bits per heavy atom. The van der Waals surface area contributed by atoms with Crippen molar-refractivity contribution in [1.82, 2.24) is 0 Å². The molecule has 4 heteroatoms. The van der Waals surface area contributed by atoms with E-state index in [2.05, 4.69) is 6.92 Å². The van der Waals surface area contributed by atoms with Crippen molar-refractivity contribution in [3.63, 3.8) is 0 Å². The molecule has 0 saturated carbocycles. The van der Waals surface area contributed by atoms with Gasteiger partial charge in [-0.05, 0) is 41.4 Å². The summed E-state index contributed by atoms with van der Waals surface area (Å²) < 4.78 is 0. The molecule has 0 aliphatic rings. The van der Waals surface area contributed by atoms with Crippen molar-refractivity contribution < 1.29 is 19.8 Å². The van der Waals surface area contributed by atoms with Crippen molar-refractivity contribution in [3.8, 4) is 0 Å². The molecule has 2 unspecified atom stereocenters. The first kappa shape index (κ1) is 23.2. The number of carboxylic acids is 2. The Bertz CT molecular complexity index is 619. The molecule has 4 nitrogen and oxygen atoms in total. The Kier molecular flexibility index (Phi) is 9.54. The first-order valence-electron chi connectivity index (χ1n) is 10.3. The van der Waals surface area contributed by atoms with E-state index in [9.17, 15) is 19.8 Å². The molecule has 0 fully saturated rings. The zero-order chi connectivity index (χ0) is 20.6. The molecule has 0 heterocycles. The van der Waals surface area contributed by atoms with Gasteiger partial charge in [-0.1, -0.05) is 78.5 Å². The van der Waals surface area contributed by atoms with Gasteiger partial charge in [0.1, 0.15) is 0 Å². The van der Waals surface area contributed by atoms with E-state index >= 15 is 0 Å². The Morgan fingerprint density at radius 1 is 0.815 bits per heavy atom. The molecule has 1 rings (SSSR count). The van der Waals surface area contributed by atoms with Crippen LogP contribution in [0.3, 0.4) is 0 Å². The van der Waals surface area contributed by atoms with Crippen LogP contribution in [0.1, 0.15) is 95.2 Å². The summed E-state index contributed by atoms with van der Waals surface area (Å²) in [6.07, 6.45) is 6.82. The lowest BCUT2D eigenvalue weighted by atomic mass is 9.78. The largest absolute Gasteiger partial charge is 0.481 e. The van der Waals surface area contributed by atoms with Crippen molar-refractivity contribution in [2.45, 2.75) is 85.0 Å². The maximum Gasteiger partial charge on any atom is 0.311 e. The summed E-state index contributed by atoms with van der Waals surface area (Å²) in [7, 11) is 0. The minimum atomic E-state index is -0.897. The van der Waals surface area contributed by atoms with Crippen molar-refractivity contribution in [1.29, 1.82) is 0 Å². The lowest BCUT2D eigenvalue weighted by molar-refractivity contribution is -0.141. The second-order valence-electron chi connectivity index (χ2n) is 8.25. The highest BCUT2D eigenvalue weighted by atomic mass is 16.4. The zero-order valence-corrected chi connectivity index (χ0v) is 17.5. The number of aryl methyl sites for hydroxylation is 1. The smallest absolute Gasteiger partial charge is 0.311 e. The van der Waals surface area contributed by atoms with E-state index in [1.807, 2.05) is 45.9 Å². The van der Waals surface area contributed by atoms with Gasteiger partial charge in [-0.15, -0.1) is 0 Å². The van der Waals surface area contributed by atoms with Crippen molar-refractivity contribution in [2.24, 2.45) is 11.8 Å².